The summed E-state index contributed by atoms with van der Waals surface area (Å²) in [6, 6.07) is 19.7. The van der Waals surface area contributed by atoms with Crippen LogP contribution >= 0.6 is 0 Å². The van der Waals surface area contributed by atoms with E-state index < -0.39 is 0 Å². The van der Waals surface area contributed by atoms with Crippen molar-refractivity contribution in [1.29, 1.82) is 5.26 Å². The summed E-state index contributed by atoms with van der Waals surface area (Å²) in [6.45, 7) is 2.50. The quantitative estimate of drug-likeness (QED) is 0.684. The molecule has 0 bridgehead atoms. The first-order valence-corrected chi connectivity index (χ1v) is 8.46. The number of aromatic nitrogens is 1. The lowest BCUT2D eigenvalue weighted by Gasteiger charge is -2.12. The molecule has 3 rings (SSSR count). The van der Waals surface area contributed by atoms with Crippen molar-refractivity contribution in [3.63, 3.8) is 0 Å². The number of carbonyl (C=O) groups is 1. The molecule has 0 unspecified atom stereocenters. The van der Waals surface area contributed by atoms with E-state index in [1.54, 1.807) is 42.6 Å². The van der Waals surface area contributed by atoms with Crippen LogP contribution in [0.5, 0.6) is 5.75 Å². The standard InChI is InChI=1S/C21H18N4O2/c1-2-27-20-6-4-3-5-18(20)24-17-11-12-19(23-14-17)21(26)25-16-9-7-15(13-22)8-10-16/h3-12,14,24H,2H2,1H3,(H,25,26). The number of carbonyl (C=O) groups excluding carboxylic acids is 1. The van der Waals surface area contributed by atoms with Crippen LogP contribution in [0.3, 0.4) is 0 Å². The van der Waals surface area contributed by atoms with Crippen LogP contribution < -0.4 is 15.4 Å². The van der Waals surface area contributed by atoms with Crippen molar-refractivity contribution in [1.82, 2.24) is 4.98 Å². The lowest BCUT2D eigenvalue weighted by Crippen LogP contribution is -2.13. The topological polar surface area (TPSA) is 87.0 Å². The van der Waals surface area contributed by atoms with Gasteiger partial charge in [0.15, 0.2) is 0 Å². The predicted octanol–water partition coefficient (Wildman–Crippen LogP) is 4.35. The van der Waals surface area contributed by atoms with Gasteiger partial charge < -0.3 is 15.4 Å². The number of hydrogen-bond acceptors (Lipinski definition) is 5. The first-order chi connectivity index (χ1) is 13.2. The number of nitriles is 1. The summed E-state index contributed by atoms with van der Waals surface area (Å²) in [7, 11) is 0. The lowest BCUT2D eigenvalue weighted by molar-refractivity contribution is 0.102. The number of anilines is 3. The minimum Gasteiger partial charge on any atom is -0.492 e. The molecule has 0 saturated heterocycles. The van der Waals surface area contributed by atoms with E-state index in [0.29, 0.717) is 23.6 Å². The molecule has 0 aliphatic carbocycles. The van der Waals surface area contributed by atoms with Gasteiger partial charge in [-0.15, -0.1) is 0 Å². The number of rotatable bonds is 6. The SMILES string of the molecule is CCOc1ccccc1Nc1ccc(C(=O)Nc2ccc(C#N)cc2)nc1. The molecular weight excluding hydrogens is 340 g/mol. The van der Waals surface area contributed by atoms with Crippen molar-refractivity contribution in [2.75, 3.05) is 17.2 Å². The van der Waals surface area contributed by atoms with Crippen molar-refractivity contribution < 1.29 is 9.53 Å². The smallest absolute Gasteiger partial charge is 0.274 e. The first-order valence-electron chi connectivity index (χ1n) is 8.46. The molecular formula is C21H18N4O2. The molecule has 2 aromatic carbocycles. The molecule has 0 spiro atoms. The minimum absolute atomic E-state index is 0.294. The predicted molar refractivity (Wildman–Crippen MR) is 104 cm³/mol. The lowest BCUT2D eigenvalue weighted by atomic mass is 10.2. The maximum atomic E-state index is 12.3. The van der Waals surface area contributed by atoms with Gasteiger partial charge in [0.25, 0.3) is 5.91 Å². The van der Waals surface area contributed by atoms with Gasteiger partial charge in [0, 0.05) is 5.69 Å². The Labute approximate surface area is 157 Å². The van der Waals surface area contributed by atoms with E-state index in [1.807, 2.05) is 37.3 Å². The Morgan fingerprint density at radius 3 is 2.48 bits per heavy atom. The molecule has 1 aromatic heterocycles. The summed E-state index contributed by atoms with van der Waals surface area (Å²) in [5.41, 5.74) is 3.01. The fourth-order valence-corrected chi connectivity index (χ4v) is 2.43. The Morgan fingerprint density at radius 1 is 1.07 bits per heavy atom. The van der Waals surface area contributed by atoms with E-state index in [4.69, 9.17) is 10.00 Å². The molecule has 0 aliphatic rings. The van der Waals surface area contributed by atoms with E-state index in [-0.39, 0.29) is 5.91 Å². The van der Waals surface area contributed by atoms with E-state index in [2.05, 4.69) is 15.6 Å². The number of ether oxygens (including phenoxy) is 1. The van der Waals surface area contributed by atoms with Crippen LogP contribution in [0, 0.1) is 11.3 Å². The summed E-state index contributed by atoms with van der Waals surface area (Å²) >= 11 is 0. The van der Waals surface area contributed by atoms with E-state index >= 15 is 0 Å². The van der Waals surface area contributed by atoms with E-state index in [0.717, 1.165) is 17.1 Å². The zero-order valence-corrected chi connectivity index (χ0v) is 14.8. The first kappa shape index (κ1) is 18.0. The average molecular weight is 358 g/mol. The fraction of sp³-hybridized carbons (Fsp3) is 0.0952. The van der Waals surface area contributed by atoms with Crippen molar-refractivity contribution >= 4 is 23.0 Å². The number of hydrogen-bond donors (Lipinski definition) is 2. The number of para-hydroxylation sites is 2. The highest BCUT2D eigenvalue weighted by molar-refractivity contribution is 6.03. The molecule has 0 radical (unpaired) electrons. The van der Waals surface area contributed by atoms with Crippen LogP contribution in [0.15, 0.2) is 66.9 Å². The maximum absolute atomic E-state index is 12.3. The van der Waals surface area contributed by atoms with Crippen LogP contribution in [-0.2, 0) is 0 Å². The molecule has 134 valence electrons. The van der Waals surface area contributed by atoms with Gasteiger partial charge in [-0.2, -0.15) is 5.26 Å². The Hall–Kier alpha value is -3.85. The molecule has 6 nitrogen and oxygen atoms in total. The van der Waals surface area contributed by atoms with Gasteiger partial charge in [0.05, 0.1) is 35.8 Å². The number of pyridine rings is 1. The molecule has 0 fully saturated rings. The van der Waals surface area contributed by atoms with Gasteiger partial charge in [0.1, 0.15) is 11.4 Å². The highest BCUT2D eigenvalue weighted by atomic mass is 16.5. The second-order valence-electron chi connectivity index (χ2n) is 5.63. The summed E-state index contributed by atoms with van der Waals surface area (Å²) in [5, 5.41) is 14.8. The number of amides is 1. The van der Waals surface area contributed by atoms with Gasteiger partial charge >= 0.3 is 0 Å². The maximum Gasteiger partial charge on any atom is 0.274 e. The Balaban J connectivity index is 1.68. The van der Waals surface area contributed by atoms with Gasteiger partial charge in [0.2, 0.25) is 0 Å². The highest BCUT2D eigenvalue weighted by Gasteiger charge is 2.09. The van der Waals surface area contributed by atoms with Crippen LogP contribution in [0.4, 0.5) is 17.1 Å². The van der Waals surface area contributed by atoms with E-state index in [1.165, 1.54) is 0 Å². The second kappa shape index (κ2) is 8.50. The van der Waals surface area contributed by atoms with Crippen molar-refractivity contribution in [3.8, 4) is 11.8 Å². The normalized spacial score (nSPS) is 9.93. The summed E-state index contributed by atoms with van der Waals surface area (Å²) in [4.78, 5) is 16.5. The number of nitrogens with one attached hydrogen (secondary N) is 2. The third-order valence-corrected chi connectivity index (χ3v) is 3.73. The van der Waals surface area contributed by atoms with Crippen LogP contribution in [-0.4, -0.2) is 17.5 Å². The molecule has 2 N–H and O–H groups in total. The largest absolute Gasteiger partial charge is 0.492 e. The van der Waals surface area contributed by atoms with Crippen molar-refractivity contribution in [3.05, 3.63) is 78.1 Å². The Morgan fingerprint density at radius 2 is 1.81 bits per heavy atom. The van der Waals surface area contributed by atoms with Gasteiger partial charge in [-0.25, -0.2) is 4.98 Å². The summed E-state index contributed by atoms with van der Waals surface area (Å²) < 4.78 is 5.59. The van der Waals surface area contributed by atoms with Crippen LogP contribution in [0.2, 0.25) is 0 Å². The third kappa shape index (κ3) is 4.61. The fourth-order valence-electron chi connectivity index (χ4n) is 2.43. The number of nitrogens with zero attached hydrogens (tertiary/aromatic N) is 2. The summed E-state index contributed by atoms with van der Waals surface area (Å²) in [5.74, 6) is 0.434. The third-order valence-electron chi connectivity index (χ3n) is 3.73. The molecule has 0 saturated carbocycles. The molecule has 3 aromatic rings. The highest BCUT2D eigenvalue weighted by Crippen LogP contribution is 2.27. The molecule has 6 heteroatoms. The second-order valence-corrected chi connectivity index (χ2v) is 5.63. The van der Waals surface area contributed by atoms with Gasteiger partial charge in [-0.3, -0.25) is 4.79 Å². The van der Waals surface area contributed by atoms with Gasteiger partial charge in [-0.1, -0.05) is 12.1 Å². The van der Waals surface area contributed by atoms with Crippen molar-refractivity contribution in [2.24, 2.45) is 0 Å². The molecule has 27 heavy (non-hydrogen) atoms. The molecule has 0 aliphatic heterocycles. The van der Waals surface area contributed by atoms with Gasteiger partial charge in [-0.05, 0) is 55.5 Å². The van der Waals surface area contributed by atoms with Crippen LogP contribution in [0.1, 0.15) is 23.0 Å². The zero-order valence-electron chi connectivity index (χ0n) is 14.8. The Kier molecular flexibility index (Phi) is 5.65. The molecule has 0 atom stereocenters. The van der Waals surface area contributed by atoms with Crippen molar-refractivity contribution in [2.45, 2.75) is 6.92 Å². The monoisotopic (exact) mass is 358 g/mol. The average Bonchev–Trinajstić information content (AvgIpc) is 2.71. The minimum atomic E-state index is -0.319. The zero-order chi connectivity index (χ0) is 19.1. The molecule has 1 amide bonds. The summed E-state index contributed by atoms with van der Waals surface area (Å²) in [6.07, 6.45) is 1.59. The van der Waals surface area contributed by atoms with Crippen LogP contribution in [0.25, 0.3) is 0 Å². The number of benzene rings is 2. The molecule has 1 heterocycles. The Bertz CT molecular complexity index is 961. The van der Waals surface area contributed by atoms with E-state index in [9.17, 15) is 4.79 Å².